The molecule has 350 valence electrons. The van der Waals surface area contributed by atoms with Crippen molar-refractivity contribution in [2.45, 2.75) is 51.0 Å². The summed E-state index contributed by atoms with van der Waals surface area (Å²) in [5.74, 6) is 0. The van der Waals surface area contributed by atoms with Gasteiger partial charge in [-0.25, -0.2) is 0 Å². The van der Waals surface area contributed by atoms with Gasteiger partial charge < -0.3 is 9.80 Å². The summed E-state index contributed by atoms with van der Waals surface area (Å²) in [5.41, 5.74) is 18.6. The van der Waals surface area contributed by atoms with Crippen molar-refractivity contribution in [2.24, 2.45) is 0 Å². The molecule has 1 unspecified atom stereocenters. The van der Waals surface area contributed by atoms with Crippen molar-refractivity contribution in [3.05, 3.63) is 305 Å². The van der Waals surface area contributed by atoms with Crippen LogP contribution in [0.1, 0.15) is 73.1 Å². The van der Waals surface area contributed by atoms with Crippen LogP contribution in [0.2, 0.25) is 0 Å². The highest BCUT2D eigenvalue weighted by atomic mass is 15.2. The number of nitrogens with zero attached hydrogens (tertiary/aromatic N) is 2. The molecule has 2 heterocycles. The second kappa shape index (κ2) is 18.4. The van der Waals surface area contributed by atoms with Gasteiger partial charge in [0.05, 0.1) is 17.4 Å². The summed E-state index contributed by atoms with van der Waals surface area (Å²) < 4.78 is 0. The lowest BCUT2D eigenvalue weighted by Crippen LogP contribution is -2.38. The van der Waals surface area contributed by atoms with Crippen molar-refractivity contribution in [2.75, 3.05) is 9.80 Å². The largest absolute Gasteiger partial charge is 0.334 e. The van der Waals surface area contributed by atoms with Gasteiger partial charge in [0, 0.05) is 27.9 Å². The summed E-state index contributed by atoms with van der Waals surface area (Å²) in [5, 5.41) is 4.60. The molecule has 0 radical (unpaired) electrons. The van der Waals surface area contributed by atoms with E-state index in [1.165, 1.54) is 55.8 Å². The molecule has 2 heteroatoms. The minimum Gasteiger partial charge on any atom is -0.334 e. The Labute approximate surface area is 426 Å². The standard InChI is InChI=1S/C70H60N2/c1-9-50-23-12-13-27-57(50)49(4)47(2)37-38-48(3)56-43-41-54(71-65-33-18-14-29-61(65)69(5,6)62-30-15-19-34-66(62)71)26-22-28-58(53-40-39-51-24-10-11-25-52(51)45-53)60-46-55(42-44-59(56)60)72-67-35-20-16-31-63(67)70(7,8)64-32-17-21-36-68(64)72/h9-25,27-46,54H,1-4,26H2,5-8H3/b28-22+,38-37-,43-41?,59-56?,60-58+. The Morgan fingerprint density at radius 1 is 0.542 bits per heavy atom. The number of rotatable bonds is 9. The molecule has 0 fully saturated rings. The molecule has 0 N–H and O–H groups in total. The monoisotopic (exact) mass is 928 g/mol. The summed E-state index contributed by atoms with van der Waals surface area (Å²) in [6.07, 6.45) is 16.3. The van der Waals surface area contributed by atoms with Crippen molar-refractivity contribution in [3.8, 4) is 0 Å². The molecule has 0 saturated heterocycles. The van der Waals surface area contributed by atoms with Crippen LogP contribution in [0.15, 0.2) is 256 Å². The van der Waals surface area contributed by atoms with E-state index < -0.39 is 0 Å². The van der Waals surface area contributed by atoms with E-state index >= 15 is 0 Å². The highest BCUT2D eigenvalue weighted by Gasteiger charge is 2.39. The van der Waals surface area contributed by atoms with Crippen LogP contribution < -0.4 is 20.2 Å². The maximum absolute atomic E-state index is 4.88. The summed E-state index contributed by atoms with van der Waals surface area (Å²) in [4.78, 5) is 5.02. The third-order valence-corrected chi connectivity index (χ3v) is 15.4. The van der Waals surface area contributed by atoms with Gasteiger partial charge in [0.2, 0.25) is 0 Å². The van der Waals surface area contributed by atoms with Gasteiger partial charge in [0.25, 0.3) is 0 Å². The molecule has 2 nitrogen and oxygen atoms in total. The molecule has 1 atom stereocenters. The van der Waals surface area contributed by atoms with Crippen LogP contribution in [0.5, 0.6) is 0 Å². The summed E-state index contributed by atoms with van der Waals surface area (Å²) in [7, 11) is 0. The quantitative estimate of drug-likeness (QED) is 0.133. The smallest absolute Gasteiger partial charge is 0.0560 e. The second-order valence-electron chi connectivity index (χ2n) is 20.4. The van der Waals surface area contributed by atoms with E-state index in [1.807, 2.05) is 18.2 Å². The molecule has 0 spiro atoms. The zero-order valence-corrected chi connectivity index (χ0v) is 41.9. The zero-order valence-electron chi connectivity index (χ0n) is 41.9. The molecule has 1 aliphatic carbocycles. The second-order valence-corrected chi connectivity index (χ2v) is 20.4. The molecule has 3 aliphatic rings. The first-order valence-electron chi connectivity index (χ1n) is 25.1. The molecule has 0 bridgehead atoms. The van der Waals surface area contributed by atoms with Crippen LogP contribution in [0.4, 0.5) is 28.4 Å². The van der Waals surface area contributed by atoms with Crippen LogP contribution in [0.3, 0.4) is 0 Å². The summed E-state index contributed by atoms with van der Waals surface area (Å²) in [6.45, 7) is 27.4. The van der Waals surface area contributed by atoms with E-state index in [2.05, 4.69) is 264 Å². The topological polar surface area (TPSA) is 6.48 Å². The third kappa shape index (κ3) is 7.85. The van der Waals surface area contributed by atoms with Crippen LogP contribution in [-0.4, -0.2) is 6.04 Å². The lowest BCUT2D eigenvalue weighted by atomic mass is 9.73. The highest BCUT2D eigenvalue weighted by Crippen LogP contribution is 2.52. The molecule has 8 aromatic carbocycles. The molecule has 11 rings (SSSR count). The zero-order chi connectivity index (χ0) is 49.7. The number of para-hydroxylation sites is 4. The molecule has 0 amide bonds. The van der Waals surface area contributed by atoms with E-state index in [0.29, 0.717) is 0 Å². The van der Waals surface area contributed by atoms with E-state index in [1.54, 1.807) is 0 Å². The van der Waals surface area contributed by atoms with Crippen molar-refractivity contribution >= 4 is 62.0 Å². The van der Waals surface area contributed by atoms with Crippen LogP contribution >= 0.6 is 0 Å². The van der Waals surface area contributed by atoms with Crippen LogP contribution in [0, 0.1) is 0 Å². The molecular formula is C70H60N2. The number of fused-ring (bicyclic) bond motifs is 6. The lowest BCUT2D eigenvalue weighted by molar-refractivity contribution is 0.614. The number of hydrogen-bond donors (Lipinski definition) is 0. The Morgan fingerprint density at radius 3 is 1.74 bits per heavy atom. The molecular weight excluding hydrogens is 869 g/mol. The van der Waals surface area contributed by atoms with E-state index in [9.17, 15) is 0 Å². The van der Waals surface area contributed by atoms with E-state index in [-0.39, 0.29) is 16.9 Å². The predicted octanol–water partition coefficient (Wildman–Crippen LogP) is 16.7. The number of allylic oxidation sites excluding steroid dienone is 7. The van der Waals surface area contributed by atoms with Gasteiger partial charge in [-0.05, 0) is 137 Å². The van der Waals surface area contributed by atoms with Gasteiger partial charge >= 0.3 is 0 Å². The van der Waals surface area contributed by atoms with Gasteiger partial charge in [-0.3, -0.25) is 0 Å². The predicted molar refractivity (Wildman–Crippen MR) is 309 cm³/mol. The van der Waals surface area contributed by atoms with Crippen molar-refractivity contribution in [3.63, 3.8) is 0 Å². The number of anilines is 5. The van der Waals surface area contributed by atoms with Gasteiger partial charge in [-0.1, -0.05) is 236 Å². The fourth-order valence-electron chi connectivity index (χ4n) is 11.5. The Hall–Kier alpha value is -8.46. The Kier molecular flexibility index (Phi) is 11.7. The maximum Gasteiger partial charge on any atom is 0.0560 e. The molecule has 8 aromatic rings. The molecule has 0 saturated carbocycles. The summed E-state index contributed by atoms with van der Waals surface area (Å²) in [6, 6.07) is 66.4. The van der Waals surface area contributed by atoms with Crippen LogP contribution in [-0.2, 0) is 10.8 Å². The fraction of sp³-hybridized carbons (Fsp3) is 0.114. The molecule has 0 aromatic heterocycles. The Morgan fingerprint density at radius 2 is 1.10 bits per heavy atom. The molecule has 72 heavy (non-hydrogen) atoms. The van der Waals surface area contributed by atoms with Gasteiger partial charge in [-0.15, -0.1) is 0 Å². The first-order valence-corrected chi connectivity index (χ1v) is 25.1. The number of benzene rings is 8. The minimum absolute atomic E-state index is 0.0417. The highest BCUT2D eigenvalue weighted by molar-refractivity contribution is 5.91. The van der Waals surface area contributed by atoms with Crippen molar-refractivity contribution in [1.29, 1.82) is 0 Å². The fourth-order valence-corrected chi connectivity index (χ4v) is 11.5. The van der Waals surface area contributed by atoms with E-state index in [4.69, 9.17) is 6.58 Å². The van der Waals surface area contributed by atoms with Crippen molar-refractivity contribution < 1.29 is 0 Å². The average Bonchev–Trinajstić information content (AvgIpc) is 3.41. The summed E-state index contributed by atoms with van der Waals surface area (Å²) >= 11 is 0. The maximum atomic E-state index is 4.88. The Balaban J connectivity index is 1.17. The van der Waals surface area contributed by atoms with Gasteiger partial charge in [-0.2, -0.15) is 0 Å². The van der Waals surface area contributed by atoms with Crippen molar-refractivity contribution in [1.82, 2.24) is 0 Å². The van der Waals surface area contributed by atoms with Crippen LogP contribution in [0.25, 0.3) is 33.6 Å². The average molecular weight is 929 g/mol. The first kappa shape index (κ1) is 46.0. The van der Waals surface area contributed by atoms with Gasteiger partial charge in [0.15, 0.2) is 0 Å². The Bertz CT molecular complexity index is 3670. The number of hydrogen-bond acceptors (Lipinski definition) is 2. The third-order valence-electron chi connectivity index (χ3n) is 15.4. The van der Waals surface area contributed by atoms with Gasteiger partial charge in [0.1, 0.15) is 0 Å². The lowest BCUT2D eigenvalue weighted by Gasteiger charge is -2.44. The first-order chi connectivity index (χ1) is 34.9. The van der Waals surface area contributed by atoms with E-state index in [0.717, 1.165) is 67.1 Å². The molecule has 2 aliphatic heterocycles. The minimum atomic E-state index is -0.185. The normalized spacial score (nSPS) is 17.5. The SMILES string of the molecule is C=Cc1ccccc1C(=C)C(=C)/C=C\C(=C)C1=c2ccc(N3c4ccccc4C(C)(C)c4ccccc43)c/c2=C(c2ccc3ccccc3c2)/C=C/CC(N2c3ccccc3C(C)(C)c3ccccc32)C=C1.